The minimum Gasteiger partial charge on any atom is -0.455 e. The van der Waals surface area contributed by atoms with Crippen LogP contribution in [-0.4, -0.2) is 25.8 Å². The molecule has 8 heteroatoms. The van der Waals surface area contributed by atoms with Gasteiger partial charge in [-0.25, -0.2) is 8.42 Å². The summed E-state index contributed by atoms with van der Waals surface area (Å²) in [4.78, 5) is -0.825. The molecule has 25 heavy (non-hydrogen) atoms. The molecular weight excluding hydrogens is 355 g/mol. The van der Waals surface area contributed by atoms with Gasteiger partial charge in [-0.3, -0.25) is 0 Å². The number of halogens is 3. The van der Waals surface area contributed by atoms with Crippen LogP contribution in [0.4, 0.5) is 13.2 Å². The number of aryl methyl sites for hydroxylation is 1. The van der Waals surface area contributed by atoms with E-state index in [2.05, 4.69) is 4.42 Å². The van der Waals surface area contributed by atoms with Gasteiger partial charge in [0.2, 0.25) is 15.8 Å². The second-order valence-electron chi connectivity index (χ2n) is 5.76. The molecule has 0 fully saturated rings. The van der Waals surface area contributed by atoms with Crippen molar-refractivity contribution < 1.29 is 26.0 Å². The molecule has 0 amide bonds. The SMILES string of the molecule is Cc1cc(S(=O)(=O)N2CC=C(c3ccccc3)CC2)c(C(F)(F)F)o1. The fourth-order valence-electron chi connectivity index (χ4n) is 2.80. The molecule has 0 unspecified atom stereocenters. The van der Waals surface area contributed by atoms with Crippen molar-refractivity contribution in [3.63, 3.8) is 0 Å². The van der Waals surface area contributed by atoms with Crippen LogP contribution in [0.2, 0.25) is 0 Å². The Hall–Kier alpha value is -2.06. The van der Waals surface area contributed by atoms with Gasteiger partial charge >= 0.3 is 6.18 Å². The molecule has 3 rings (SSSR count). The summed E-state index contributed by atoms with van der Waals surface area (Å²) in [6.45, 7) is 1.43. The first-order valence-corrected chi connectivity index (χ1v) is 9.06. The Morgan fingerprint density at radius 3 is 2.40 bits per heavy atom. The molecule has 1 aromatic carbocycles. The minimum absolute atomic E-state index is 0.0219. The maximum Gasteiger partial charge on any atom is 0.450 e. The lowest BCUT2D eigenvalue weighted by molar-refractivity contribution is -0.156. The van der Waals surface area contributed by atoms with Crippen LogP contribution in [0.1, 0.15) is 23.5 Å². The average molecular weight is 371 g/mol. The van der Waals surface area contributed by atoms with Crippen LogP contribution >= 0.6 is 0 Å². The molecule has 0 atom stereocenters. The van der Waals surface area contributed by atoms with E-state index in [-0.39, 0.29) is 18.8 Å². The number of furan rings is 1. The summed E-state index contributed by atoms with van der Waals surface area (Å²) >= 11 is 0. The highest BCUT2D eigenvalue weighted by atomic mass is 32.2. The highest BCUT2D eigenvalue weighted by Gasteiger charge is 2.43. The summed E-state index contributed by atoms with van der Waals surface area (Å²) in [5.41, 5.74) is 1.96. The van der Waals surface area contributed by atoms with Gasteiger partial charge in [-0.1, -0.05) is 36.4 Å². The lowest BCUT2D eigenvalue weighted by atomic mass is 10.0. The first-order valence-electron chi connectivity index (χ1n) is 7.62. The largest absolute Gasteiger partial charge is 0.455 e. The molecule has 0 saturated heterocycles. The van der Waals surface area contributed by atoms with E-state index in [1.165, 1.54) is 6.92 Å². The van der Waals surface area contributed by atoms with E-state index in [1.54, 1.807) is 6.08 Å². The quantitative estimate of drug-likeness (QED) is 0.817. The third kappa shape index (κ3) is 3.50. The molecule has 0 radical (unpaired) electrons. The third-order valence-corrected chi connectivity index (χ3v) is 5.88. The average Bonchev–Trinajstić information content (AvgIpc) is 2.99. The molecule has 0 spiro atoms. The highest BCUT2D eigenvalue weighted by molar-refractivity contribution is 7.89. The van der Waals surface area contributed by atoms with E-state index in [0.29, 0.717) is 6.42 Å². The molecule has 0 bridgehead atoms. The third-order valence-electron chi connectivity index (χ3n) is 4.01. The van der Waals surface area contributed by atoms with Crippen molar-refractivity contribution in [1.82, 2.24) is 4.31 Å². The molecule has 134 valence electrons. The molecule has 0 saturated carbocycles. The van der Waals surface area contributed by atoms with Crippen molar-refractivity contribution in [3.8, 4) is 0 Å². The van der Waals surface area contributed by atoms with Crippen LogP contribution in [0.25, 0.3) is 5.57 Å². The first kappa shape index (κ1) is 17.8. The van der Waals surface area contributed by atoms with Crippen LogP contribution in [-0.2, 0) is 16.2 Å². The van der Waals surface area contributed by atoms with Gasteiger partial charge in [0.25, 0.3) is 0 Å². The molecule has 1 aliphatic heterocycles. The van der Waals surface area contributed by atoms with Crippen molar-refractivity contribution >= 4 is 15.6 Å². The van der Waals surface area contributed by atoms with E-state index in [0.717, 1.165) is 21.5 Å². The minimum atomic E-state index is -4.86. The van der Waals surface area contributed by atoms with E-state index >= 15 is 0 Å². The van der Waals surface area contributed by atoms with Crippen LogP contribution in [0.3, 0.4) is 0 Å². The lowest BCUT2D eigenvalue weighted by Crippen LogP contribution is -2.35. The van der Waals surface area contributed by atoms with Gasteiger partial charge in [0.1, 0.15) is 10.7 Å². The molecule has 1 aliphatic rings. The van der Waals surface area contributed by atoms with Crippen molar-refractivity contribution in [2.24, 2.45) is 0 Å². The van der Waals surface area contributed by atoms with Crippen molar-refractivity contribution in [2.75, 3.05) is 13.1 Å². The maximum absolute atomic E-state index is 13.1. The predicted octanol–water partition coefficient (Wildman–Crippen LogP) is 4.08. The molecule has 1 aromatic heterocycles. The highest BCUT2D eigenvalue weighted by Crippen LogP contribution is 2.38. The van der Waals surface area contributed by atoms with Crippen LogP contribution < -0.4 is 0 Å². The Kier molecular flexibility index (Phi) is 4.51. The standard InChI is InChI=1S/C17H16F3NO3S/c1-12-11-15(16(24-12)17(18,19)20)25(22,23)21-9-7-14(8-10-21)13-5-3-2-4-6-13/h2-7,11H,8-10H2,1H3. The topological polar surface area (TPSA) is 50.5 Å². The van der Waals surface area contributed by atoms with Crippen molar-refractivity contribution in [3.05, 3.63) is 59.6 Å². The number of rotatable bonds is 3. The Balaban J connectivity index is 1.90. The summed E-state index contributed by atoms with van der Waals surface area (Å²) in [6.07, 6.45) is -2.70. The fourth-order valence-corrected chi connectivity index (χ4v) is 4.39. The van der Waals surface area contributed by atoms with Crippen molar-refractivity contribution in [2.45, 2.75) is 24.4 Å². The number of sulfonamides is 1. The first-order chi connectivity index (χ1) is 11.7. The smallest absolute Gasteiger partial charge is 0.450 e. The molecule has 4 nitrogen and oxygen atoms in total. The summed E-state index contributed by atoms with van der Waals surface area (Å²) in [5, 5.41) is 0. The summed E-state index contributed by atoms with van der Waals surface area (Å²) in [7, 11) is -4.29. The van der Waals surface area contributed by atoms with Crippen LogP contribution in [0.15, 0.2) is 51.8 Å². The summed E-state index contributed by atoms with van der Waals surface area (Å²) < 4.78 is 70.1. The van der Waals surface area contributed by atoms with Gasteiger partial charge in [0, 0.05) is 19.2 Å². The van der Waals surface area contributed by atoms with Crippen LogP contribution in [0, 0.1) is 6.92 Å². The maximum atomic E-state index is 13.1. The summed E-state index contributed by atoms with van der Waals surface area (Å²) in [5.74, 6) is -1.56. The lowest BCUT2D eigenvalue weighted by Gasteiger charge is -2.26. The van der Waals surface area contributed by atoms with E-state index in [9.17, 15) is 21.6 Å². The zero-order chi connectivity index (χ0) is 18.2. The molecular formula is C17H16F3NO3S. The van der Waals surface area contributed by atoms with Gasteiger partial charge in [0.05, 0.1) is 0 Å². The van der Waals surface area contributed by atoms with E-state index < -0.39 is 26.9 Å². The number of nitrogens with zero attached hydrogens (tertiary/aromatic N) is 1. The van der Waals surface area contributed by atoms with Gasteiger partial charge in [-0.15, -0.1) is 0 Å². The Morgan fingerprint density at radius 1 is 1.16 bits per heavy atom. The zero-order valence-electron chi connectivity index (χ0n) is 13.4. The molecule has 2 heterocycles. The summed E-state index contributed by atoms with van der Waals surface area (Å²) in [6, 6.07) is 10.4. The Labute approximate surface area is 143 Å². The monoisotopic (exact) mass is 371 g/mol. The predicted molar refractivity (Wildman–Crippen MR) is 86.2 cm³/mol. The van der Waals surface area contributed by atoms with Gasteiger partial charge in [0.15, 0.2) is 0 Å². The second kappa shape index (κ2) is 6.34. The van der Waals surface area contributed by atoms with Gasteiger partial charge < -0.3 is 4.42 Å². The van der Waals surface area contributed by atoms with Crippen LogP contribution in [0.5, 0.6) is 0 Å². The van der Waals surface area contributed by atoms with Gasteiger partial charge in [-0.05, 0) is 24.5 Å². The van der Waals surface area contributed by atoms with Crippen molar-refractivity contribution in [1.29, 1.82) is 0 Å². The Morgan fingerprint density at radius 2 is 1.84 bits per heavy atom. The second-order valence-corrected chi connectivity index (χ2v) is 7.66. The number of benzene rings is 1. The fraction of sp³-hybridized carbons (Fsp3) is 0.294. The van der Waals surface area contributed by atoms with Gasteiger partial charge in [-0.2, -0.15) is 17.5 Å². The molecule has 2 aromatic rings. The zero-order valence-corrected chi connectivity index (χ0v) is 14.2. The number of hydrogen-bond acceptors (Lipinski definition) is 3. The molecule has 0 N–H and O–H groups in total. The van der Waals surface area contributed by atoms with E-state index in [1.807, 2.05) is 30.3 Å². The number of hydrogen-bond donors (Lipinski definition) is 0. The molecule has 0 aliphatic carbocycles. The number of alkyl halides is 3. The normalized spacial score (nSPS) is 16.7. The van der Waals surface area contributed by atoms with E-state index in [4.69, 9.17) is 0 Å². The Bertz CT molecular complexity index is 899.